The second-order valence-corrected chi connectivity index (χ2v) is 12.6. The van der Waals surface area contributed by atoms with E-state index in [4.69, 9.17) is 29.9 Å². The molecule has 1 atom stereocenters. The van der Waals surface area contributed by atoms with Crippen molar-refractivity contribution in [1.29, 1.82) is 0 Å². The average molecular weight is 646 g/mol. The van der Waals surface area contributed by atoms with E-state index < -0.39 is 0 Å². The van der Waals surface area contributed by atoms with Crippen molar-refractivity contribution < 1.29 is 0 Å². The van der Waals surface area contributed by atoms with Crippen molar-refractivity contribution in [3.63, 3.8) is 0 Å². The van der Waals surface area contributed by atoms with Gasteiger partial charge in [0.05, 0.1) is 5.52 Å². The molecule has 1 aliphatic carbocycles. The number of hydrogen-bond donors (Lipinski definition) is 1. The second kappa shape index (κ2) is 12.5. The molecule has 9 rings (SSSR count). The lowest BCUT2D eigenvalue weighted by Gasteiger charge is -2.14. The summed E-state index contributed by atoms with van der Waals surface area (Å²) in [5.74, 6) is 3.99. The Morgan fingerprint density at radius 2 is 1.00 bits per heavy atom. The lowest BCUT2D eigenvalue weighted by molar-refractivity contribution is 0.738. The van der Waals surface area contributed by atoms with Crippen LogP contribution in [0.4, 0.5) is 0 Å². The highest BCUT2D eigenvalue weighted by Gasteiger charge is 2.21. The molecule has 3 heterocycles. The molecule has 50 heavy (non-hydrogen) atoms. The molecule has 5 aromatic carbocycles. The summed E-state index contributed by atoms with van der Waals surface area (Å²) in [7, 11) is 0. The fraction of sp³-hybridized carbons (Fsp3) is 0.0698. The van der Waals surface area contributed by atoms with E-state index in [0.717, 1.165) is 61.6 Å². The van der Waals surface area contributed by atoms with E-state index in [9.17, 15) is 0 Å². The third kappa shape index (κ3) is 5.54. The average Bonchev–Trinajstić information content (AvgIpc) is 3.57. The van der Waals surface area contributed by atoms with Gasteiger partial charge in [0.25, 0.3) is 0 Å². The number of aromatic nitrogens is 7. The lowest BCUT2D eigenvalue weighted by Crippen LogP contribution is -2.05. The van der Waals surface area contributed by atoms with E-state index in [2.05, 4.69) is 60.5 Å². The van der Waals surface area contributed by atoms with Crippen molar-refractivity contribution in [3.8, 4) is 56.9 Å². The normalized spacial score (nSPS) is 14.3. The van der Waals surface area contributed by atoms with E-state index in [1.54, 1.807) is 0 Å². The zero-order valence-corrected chi connectivity index (χ0v) is 27.3. The number of nitrogens with zero attached hydrogens (tertiary/aromatic N) is 6. The summed E-state index contributed by atoms with van der Waals surface area (Å²) in [6.07, 6.45) is 7.54. The molecule has 238 valence electrons. The maximum Gasteiger partial charge on any atom is 0.166 e. The topological polar surface area (TPSA) is 93.1 Å². The van der Waals surface area contributed by atoms with Crippen LogP contribution in [0.15, 0.2) is 146 Å². The summed E-state index contributed by atoms with van der Waals surface area (Å²) in [5, 5.41) is 2.13. The molecule has 7 heteroatoms. The van der Waals surface area contributed by atoms with Crippen molar-refractivity contribution in [2.75, 3.05) is 0 Å². The molecule has 0 fully saturated rings. The number of fused-ring (bicyclic) bond motifs is 3. The van der Waals surface area contributed by atoms with Crippen LogP contribution < -0.4 is 0 Å². The molecule has 3 aromatic heterocycles. The number of allylic oxidation sites excluding steroid dienone is 4. The monoisotopic (exact) mass is 645 g/mol. The number of hydrogen-bond acceptors (Lipinski definition) is 6. The smallest absolute Gasteiger partial charge is 0.166 e. The number of rotatable bonds is 6. The van der Waals surface area contributed by atoms with Crippen LogP contribution in [0.1, 0.15) is 19.2 Å². The molecule has 0 amide bonds. The number of aromatic amines is 1. The molecule has 1 aliphatic rings. The highest BCUT2D eigenvalue weighted by Crippen LogP contribution is 2.37. The Bertz CT molecular complexity index is 2520. The van der Waals surface area contributed by atoms with Gasteiger partial charge in [-0.15, -0.1) is 0 Å². The molecular formula is C43H31N7. The Balaban J connectivity index is 1.32. The van der Waals surface area contributed by atoms with Crippen molar-refractivity contribution in [2.45, 2.75) is 13.3 Å². The first kappa shape index (κ1) is 29.5. The molecule has 0 spiro atoms. The van der Waals surface area contributed by atoms with Crippen LogP contribution in [0.3, 0.4) is 0 Å². The van der Waals surface area contributed by atoms with Gasteiger partial charge in [-0.3, -0.25) is 0 Å². The predicted molar refractivity (Wildman–Crippen MR) is 201 cm³/mol. The Labute approximate surface area is 289 Å². The predicted octanol–water partition coefficient (Wildman–Crippen LogP) is 10.0. The standard InChI is InChI=1S/C43H31N7/c1-27-14-13-21-31(24-27)41-46-40(30-19-9-4-10-20-30)49-43(50-41)35-26-32(25-34-33-22-11-12-23-36(33)44-37(34)35)42-47-38(28-15-5-2-6-16-28)45-39(48-42)29-17-7-3-8-18-29/h2-13,15-27,44H,14H2,1H3. The zero-order chi connectivity index (χ0) is 33.4. The van der Waals surface area contributed by atoms with Crippen molar-refractivity contribution in [2.24, 2.45) is 5.92 Å². The molecule has 0 aliphatic heterocycles. The van der Waals surface area contributed by atoms with Crippen molar-refractivity contribution in [3.05, 3.63) is 151 Å². The van der Waals surface area contributed by atoms with Gasteiger partial charge in [0, 0.05) is 49.7 Å². The Morgan fingerprint density at radius 1 is 0.500 bits per heavy atom. The molecule has 8 aromatic rings. The molecule has 0 saturated carbocycles. The van der Waals surface area contributed by atoms with Gasteiger partial charge in [-0.25, -0.2) is 29.9 Å². The molecule has 1 N–H and O–H groups in total. The van der Waals surface area contributed by atoms with Gasteiger partial charge in [0.1, 0.15) is 0 Å². The van der Waals surface area contributed by atoms with Gasteiger partial charge < -0.3 is 4.98 Å². The van der Waals surface area contributed by atoms with Gasteiger partial charge in [-0.2, -0.15) is 0 Å². The molecule has 0 saturated heterocycles. The molecule has 0 radical (unpaired) electrons. The quantitative estimate of drug-likeness (QED) is 0.193. The van der Waals surface area contributed by atoms with Crippen molar-refractivity contribution >= 4 is 27.4 Å². The maximum absolute atomic E-state index is 5.16. The summed E-state index contributed by atoms with van der Waals surface area (Å²) in [6, 6.07) is 42.7. The number of para-hydroxylation sites is 1. The number of H-pyrrole nitrogens is 1. The zero-order valence-electron chi connectivity index (χ0n) is 27.3. The summed E-state index contributed by atoms with van der Waals surface area (Å²) in [4.78, 5) is 34.0. The fourth-order valence-corrected chi connectivity index (χ4v) is 6.52. The van der Waals surface area contributed by atoms with Gasteiger partial charge in [-0.1, -0.05) is 134 Å². The Hall–Kier alpha value is -6.60. The summed E-state index contributed by atoms with van der Waals surface area (Å²) >= 11 is 0. The van der Waals surface area contributed by atoms with Gasteiger partial charge in [0.15, 0.2) is 34.9 Å². The first-order valence-corrected chi connectivity index (χ1v) is 16.8. The Morgan fingerprint density at radius 3 is 1.60 bits per heavy atom. The number of nitrogens with one attached hydrogen (secondary N) is 1. The summed E-state index contributed by atoms with van der Waals surface area (Å²) < 4.78 is 0. The Kier molecular flexibility index (Phi) is 7.35. The first-order valence-electron chi connectivity index (χ1n) is 16.8. The van der Waals surface area contributed by atoms with E-state index >= 15 is 0 Å². The molecule has 1 unspecified atom stereocenters. The molecule has 7 nitrogen and oxygen atoms in total. The highest BCUT2D eigenvalue weighted by atomic mass is 15.0. The van der Waals surface area contributed by atoms with Gasteiger partial charge >= 0.3 is 0 Å². The first-order chi connectivity index (χ1) is 24.7. The van der Waals surface area contributed by atoms with Crippen LogP contribution in [0, 0.1) is 5.92 Å². The minimum Gasteiger partial charge on any atom is -0.354 e. The van der Waals surface area contributed by atoms with Crippen LogP contribution in [-0.4, -0.2) is 34.9 Å². The van der Waals surface area contributed by atoms with Gasteiger partial charge in [-0.05, 0) is 30.5 Å². The second-order valence-electron chi connectivity index (χ2n) is 12.6. The third-order valence-corrected chi connectivity index (χ3v) is 9.01. The summed E-state index contributed by atoms with van der Waals surface area (Å²) in [6.45, 7) is 2.21. The van der Waals surface area contributed by atoms with E-state index in [1.165, 1.54) is 0 Å². The van der Waals surface area contributed by atoms with Crippen LogP contribution in [0.25, 0.3) is 84.3 Å². The minimum absolute atomic E-state index is 0.389. The van der Waals surface area contributed by atoms with Crippen LogP contribution in [0.5, 0.6) is 0 Å². The summed E-state index contributed by atoms with van der Waals surface area (Å²) in [5.41, 5.74) is 7.38. The minimum atomic E-state index is 0.389. The van der Waals surface area contributed by atoms with Crippen LogP contribution >= 0.6 is 0 Å². The largest absolute Gasteiger partial charge is 0.354 e. The molecule has 0 bridgehead atoms. The van der Waals surface area contributed by atoms with E-state index in [1.807, 2.05) is 97.1 Å². The van der Waals surface area contributed by atoms with Crippen molar-refractivity contribution in [1.82, 2.24) is 34.9 Å². The highest BCUT2D eigenvalue weighted by molar-refractivity contribution is 6.13. The molecular weight excluding hydrogens is 615 g/mol. The van der Waals surface area contributed by atoms with Crippen LogP contribution in [-0.2, 0) is 0 Å². The number of benzene rings is 5. The van der Waals surface area contributed by atoms with E-state index in [-0.39, 0.29) is 0 Å². The fourth-order valence-electron chi connectivity index (χ4n) is 6.52. The van der Waals surface area contributed by atoms with Crippen LogP contribution in [0.2, 0.25) is 0 Å². The maximum atomic E-state index is 5.16. The lowest BCUT2D eigenvalue weighted by atomic mass is 9.97. The van der Waals surface area contributed by atoms with Gasteiger partial charge in [0.2, 0.25) is 0 Å². The van der Waals surface area contributed by atoms with E-state index in [0.29, 0.717) is 40.9 Å². The third-order valence-electron chi connectivity index (χ3n) is 9.01. The SMILES string of the molecule is CC1C=C(c2nc(-c3ccccc3)nc(-c3cc(-c4nc(-c5ccccc5)nc(-c5ccccc5)n4)cc4c3[nH]c3ccccc34)n2)C=CC1.